The van der Waals surface area contributed by atoms with Gasteiger partial charge in [0.25, 0.3) is 5.91 Å². The van der Waals surface area contributed by atoms with Gasteiger partial charge >= 0.3 is 0 Å². The maximum atomic E-state index is 13.8. The molecule has 1 heterocycles. The van der Waals surface area contributed by atoms with Crippen LogP contribution in [0.15, 0.2) is 57.7 Å². The molecule has 1 amide bonds. The van der Waals surface area contributed by atoms with Gasteiger partial charge in [-0.2, -0.15) is 0 Å². The van der Waals surface area contributed by atoms with Gasteiger partial charge < -0.3 is 14.5 Å². The summed E-state index contributed by atoms with van der Waals surface area (Å²) >= 11 is 0. The molecule has 1 N–H and O–H groups in total. The van der Waals surface area contributed by atoms with E-state index in [0.717, 1.165) is 6.07 Å². The van der Waals surface area contributed by atoms with E-state index >= 15 is 0 Å². The van der Waals surface area contributed by atoms with Crippen molar-refractivity contribution in [2.45, 2.75) is 13.0 Å². The lowest BCUT2D eigenvalue weighted by Crippen LogP contribution is -2.27. The van der Waals surface area contributed by atoms with Gasteiger partial charge in [-0.3, -0.25) is 9.59 Å². The SMILES string of the molecule is COc1ccc([C@H](C)NC(=O)c2cc(=O)c3ccccc3o2)cc1F. The third-order valence-electron chi connectivity index (χ3n) is 3.88. The summed E-state index contributed by atoms with van der Waals surface area (Å²) in [5.41, 5.74) is 0.605. The molecular formula is C19H16FNO4. The Hall–Kier alpha value is -3.15. The maximum Gasteiger partial charge on any atom is 0.287 e. The fourth-order valence-corrected chi connectivity index (χ4v) is 2.52. The molecule has 3 rings (SSSR count). The van der Waals surface area contributed by atoms with E-state index in [9.17, 15) is 14.0 Å². The van der Waals surface area contributed by atoms with Crippen molar-refractivity contribution in [3.63, 3.8) is 0 Å². The van der Waals surface area contributed by atoms with Crippen molar-refractivity contribution < 1.29 is 18.3 Å². The van der Waals surface area contributed by atoms with Crippen LogP contribution >= 0.6 is 0 Å². The number of ether oxygens (including phenoxy) is 1. The molecule has 0 spiro atoms. The molecule has 3 aromatic rings. The second-order valence-corrected chi connectivity index (χ2v) is 5.56. The number of amides is 1. The molecule has 0 aliphatic rings. The van der Waals surface area contributed by atoms with Crippen LogP contribution in [0.2, 0.25) is 0 Å². The molecule has 0 fully saturated rings. The molecule has 128 valence electrons. The van der Waals surface area contributed by atoms with Gasteiger partial charge in [0.15, 0.2) is 22.8 Å². The predicted octanol–water partition coefficient (Wildman–Crippen LogP) is 3.43. The zero-order chi connectivity index (χ0) is 18.0. The summed E-state index contributed by atoms with van der Waals surface area (Å²) < 4.78 is 24.2. The third-order valence-corrected chi connectivity index (χ3v) is 3.88. The monoisotopic (exact) mass is 341 g/mol. The highest BCUT2D eigenvalue weighted by Crippen LogP contribution is 2.22. The second kappa shape index (κ2) is 6.76. The fraction of sp³-hybridized carbons (Fsp3) is 0.158. The van der Waals surface area contributed by atoms with E-state index in [1.54, 1.807) is 37.3 Å². The van der Waals surface area contributed by atoms with Crippen molar-refractivity contribution in [1.29, 1.82) is 0 Å². The molecule has 6 heteroatoms. The normalized spacial score (nSPS) is 12.0. The topological polar surface area (TPSA) is 68.5 Å². The Morgan fingerprint density at radius 1 is 1.20 bits per heavy atom. The van der Waals surface area contributed by atoms with E-state index in [1.165, 1.54) is 19.2 Å². The molecule has 0 saturated carbocycles. The average Bonchev–Trinajstić information content (AvgIpc) is 2.61. The van der Waals surface area contributed by atoms with Crippen LogP contribution in [-0.2, 0) is 0 Å². The van der Waals surface area contributed by atoms with Crippen LogP contribution in [0.1, 0.15) is 29.1 Å². The van der Waals surface area contributed by atoms with E-state index in [-0.39, 0.29) is 16.9 Å². The van der Waals surface area contributed by atoms with Crippen LogP contribution in [0.25, 0.3) is 11.0 Å². The average molecular weight is 341 g/mol. The first-order chi connectivity index (χ1) is 12.0. The summed E-state index contributed by atoms with van der Waals surface area (Å²) in [4.78, 5) is 24.4. The van der Waals surface area contributed by atoms with Crippen LogP contribution in [-0.4, -0.2) is 13.0 Å². The molecule has 0 bridgehead atoms. The number of para-hydroxylation sites is 1. The number of carbonyl (C=O) groups excluding carboxylic acids is 1. The molecular weight excluding hydrogens is 325 g/mol. The molecule has 0 aliphatic carbocycles. The molecule has 0 saturated heterocycles. The lowest BCUT2D eigenvalue weighted by molar-refractivity contribution is 0.0912. The quantitative estimate of drug-likeness (QED) is 0.789. The molecule has 0 radical (unpaired) electrons. The minimum Gasteiger partial charge on any atom is -0.494 e. The summed E-state index contributed by atoms with van der Waals surface area (Å²) in [6.45, 7) is 1.71. The molecule has 0 unspecified atom stereocenters. The molecule has 1 aromatic heterocycles. The number of benzene rings is 2. The van der Waals surface area contributed by atoms with Gasteiger partial charge in [-0.1, -0.05) is 18.2 Å². The minimum atomic E-state index is -0.549. The number of carbonyl (C=O) groups is 1. The Labute approximate surface area is 143 Å². The highest BCUT2D eigenvalue weighted by Gasteiger charge is 2.16. The van der Waals surface area contributed by atoms with Gasteiger partial charge in [-0.15, -0.1) is 0 Å². The largest absolute Gasteiger partial charge is 0.494 e. The number of halogens is 1. The summed E-state index contributed by atoms with van der Waals surface area (Å²) in [7, 11) is 1.38. The first-order valence-electron chi connectivity index (χ1n) is 7.67. The number of rotatable bonds is 4. The van der Waals surface area contributed by atoms with Crippen molar-refractivity contribution in [1.82, 2.24) is 5.32 Å². The lowest BCUT2D eigenvalue weighted by Gasteiger charge is -2.15. The van der Waals surface area contributed by atoms with Gasteiger partial charge in [0.05, 0.1) is 18.5 Å². The number of nitrogens with one attached hydrogen (secondary N) is 1. The molecule has 25 heavy (non-hydrogen) atoms. The highest BCUT2D eigenvalue weighted by atomic mass is 19.1. The van der Waals surface area contributed by atoms with E-state index < -0.39 is 17.8 Å². The van der Waals surface area contributed by atoms with Crippen LogP contribution in [0, 0.1) is 5.82 Å². The van der Waals surface area contributed by atoms with Crippen LogP contribution in [0.5, 0.6) is 5.75 Å². The van der Waals surface area contributed by atoms with Gasteiger partial charge in [0, 0.05) is 6.07 Å². The van der Waals surface area contributed by atoms with E-state index in [2.05, 4.69) is 5.32 Å². The van der Waals surface area contributed by atoms with Crippen molar-refractivity contribution in [2.24, 2.45) is 0 Å². The van der Waals surface area contributed by atoms with E-state index in [0.29, 0.717) is 16.5 Å². The van der Waals surface area contributed by atoms with Crippen LogP contribution in [0.4, 0.5) is 4.39 Å². The Morgan fingerprint density at radius 3 is 2.68 bits per heavy atom. The molecule has 1 atom stereocenters. The predicted molar refractivity (Wildman–Crippen MR) is 91.3 cm³/mol. The fourth-order valence-electron chi connectivity index (χ4n) is 2.52. The first kappa shape index (κ1) is 16.7. The van der Waals surface area contributed by atoms with E-state index in [1.807, 2.05) is 0 Å². The summed E-state index contributed by atoms with van der Waals surface area (Å²) in [5, 5.41) is 3.10. The molecule has 0 aliphatic heterocycles. The summed E-state index contributed by atoms with van der Waals surface area (Å²) in [6.07, 6.45) is 0. The lowest BCUT2D eigenvalue weighted by atomic mass is 10.1. The Kier molecular flexibility index (Phi) is 4.52. The second-order valence-electron chi connectivity index (χ2n) is 5.56. The standard InChI is InChI=1S/C19H16FNO4/c1-11(12-7-8-17(24-2)14(20)9-12)21-19(23)18-10-15(22)13-5-3-4-6-16(13)25-18/h3-11H,1-2H3,(H,21,23)/t11-/m0/s1. The minimum absolute atomic E-state index is 0.0930. The van der Waals surface area contributed by atoms with Crippen molar-refractivity contribution in [3.05, 3.63) is 75.9 Å². The molecule has 2 aromatic carbocycles. The Morgan fingerprint density at radius 2 is 1.96 bits per heavy atom. The Bertz CT molecular complexity index is 996. The van der Waals surface area contributed by atoms with Gasteiger partial charge in [-0.05, 0) is 36.8 Å². The van der Waals surface area contributed by atoms with Crippen molar-refractivity contribution in [3.8, 4) is 5.75 Å². The zero-order valence-corrected chi connectivity index (χ0v) is 13.7. The van der Waals surface area contributed by atoms with Gasteiger partial charge in [0.1, 0.15) is 5.58 Å². The Balaban J connectivity index is 1.84. The smallest absolute Gasteiger partial charge is 0.287 e. The third kappa shape index (κ3) is 3.38. The number of hydrogen-bond donors (Lipinski definition) is 1. The van der Waals surface area contributed by atoms with Crippen molar-refractivity contribution >= 4 is 16.9 Å². The van der Waals surface area contributed by atoms with Gasteiger partial charge in [-0.25, -0.2) is 4.39 Å². The highest BCUT2D eigenvalue weighted by molar-refractivity contribution is 5.93. The van der Waals surface area contributed by atoms with Crippen LogP contribution in [0.3, 0.4) is 0 Å². The van der Waals surface area contributed by atoms with Crippen LogP contribution < -0.4 is 15.5 Å². The van der Waals surface area contributed by atoms with Gasteiger partial charge in [0.2, 0.25) is 0 Å². The number of methoxy groups -OCH3 is 1. The van der Waals surface area contributed by atoms with E-state index in [4.69, 9.17) is 9.15 Å². The molecule has 5 nitrogen and oxygen atoms in total. The first-order valence-corrected chi connectivity index (χ1v) is 7.67. The number of fused-ring (bicyclic) bond motifs is 1. The number of hydrogen-bond acceptors (Lipinski definition) is 4. The van der Waals surface area contributed by atoms with Crippen molar-refractivity contribution in [2.75, 3.05) is 7.11 Å². The maximum absolute atomic E-state index is 13.8. The summed E-state index contributed by atoms with van der Waals surface area (Å²) in [6, 6.07) is 11.8. The summed E-state index contributed by atoms with van der Waals surface area (Å²) in [5.74, 6) is -1.03. The zero-order valence-electron chi connectivity index (χ0n) is 13.7.